The summed E-state index contributed by atoms with van der Waals surface area (Å²) in [6, 6.07) is 0.351. The quantitative estimate of drug-likeness (QED) is 0.434. The van der Waals surface area contributed by atoms with Crippen molar-refractivity contribution in [2.45, 2.75) is 12.5 Å². The molecule has 0 unspecified atom stereocenters. The van der Waals surface area contributed by atoms with Crippen LogP contribution in [0.2, 0.25) is 0 Å². The zero-order chi connectivity index (χ0) is 8.01. The third kappa shape index (κ3) is 1.16. The van der Waals surface area contributed by atoms with Gasteiger partial charge in [-0.3, -0.25) is 4.79 Å². The van der Waals surface area contributed by atoms with E-state index in [-0.39, 0.29) is 3.91 Å². The lowest BCUT2D eigenvalue weighted by molar-refractivity contribution is 0.212. The van der Waals surface area contributed by atoms with Gasteiger partial charge in [-0.05, 0) is 18.3 Å². The van der Waals surface area contributed by atoms with Gasteiger partial charge in [-0.2, -0.15) is 0 Å². The molecule has 2 N–H and O–H groups in total. The minimum absolute atomic E-state index is 0.158. The van der Waals surface area contributed by atoms with Crippen LogP contribution in [0.5, 0.6) is 0 Å². The Labute approximate surface area is 79.4 Å². The summed E-state index contributed by atoms with van der Waals surface area (Å²) >= 11 is 1.85. The van der Waals surface area contributed by atoms with E-state index in [4.69, 9.17) is 5.73 Å². The van der Waals surface area contributed by atoms with Gasteiger partial charge < -0.3 is 10.6 Å². The molecule has 1 amide bonds. The van der Waals surface area contributed by atoms with E-state index in [9.17, 15) is 4.79 Å². The smallest absolute Gasteiger partial charge is 0.283 e. The van der Waals surface area contributed by atoms with Crippen LogP contribution in [0.25, 0.3) is 0 Å². The maximum Gasteiger partial charge on any atom is 0.283 e. The van der Waals surface area contributed by atoms with Crippen molar-refractivity contribution >= 4 is 26.5 Å². The first-order valence-electron chi connectivity index (χ1n) is 3.90. The van der Waals surface area contributed by atoms with Crippen molar-refractivity contribution in [2.75, 3.05) is 13.1 Å². The summed E-state index contributed by atoms with van der Waals surface area (Å²) in [5.41, 5.74) is 5.58. The van der Waals surface area contributed by atoms with E-state index in [0.717, 1.165) is 18.4 Å². The highest BCUT2D eigenvalue weighted by atomic mass is 127. The Morgan fingerprint density at radius 2 is 2.45 bits per heavy atom. The average Bonchev–Trinajstić information content (AvgIpc) is 2.63. The van der Waals surface area contributed by atoms with Crippen molar-refractivity contribution in [3.63, 3.8) is 0 Å². The maximum atomic E-state index is 11.0. The molecule has 0 aromatic rings. The summed E-state index contributed by atoms with van der Waals surface area (Å²) in [5.74, 6) is 1.51. The molecule has 1 aliphatic heterocycles. The predicted molar refractivity (Wildman–Crippen MR) is 50.6 cm³/mol. The van der Waals surface area contributed by atoms with E-state index in [1.807, 2.05) is 27.5 Å². The Morgan fingerprint density at radius 3 is 2.91 bits per heavy atom. The summed E-state index contributed by atoms with van der Waals surface area (Å²) in [4.78, 5) is 13.0. The highest BCUT2D eigenvalue weighted by Crippen LogP contribution is 2.49. The zero-order valence-corrected chi connectivity index (χ0v) is 8.32. The van der Waals surface area contributed by atoms with E-state index in [2.05, 4.69) is 0 Å². The molecule has 2 aliphatic rings. The number of carbonyl (C=O) groups is 1. The number of nitrogens with zero attached hydrogens (tertiary/aromatic N) is 1. The van der Waals surface area contributed by atoms with Gasteiger partial charge in [0.2, 0.25) is 0 Å². The standard InChI is InChI=1S/C7H11IN2O/c8-7(11)10-3-4-1-5(4)6(10)2-9/h4-6H,1-3,9H2/t4-,5-,6-/m1/s1. The van der Waals surface area contributed by atoms with Crippen molar-refractivity contribution in [1.29, 1.82) is 0 Å². The first-order valence-corrected chi connectivity index (χ1v) is 4.98. The van der Waals surface area contributed by atoms with E-state index in [0.29, 0.717) is 12.6 Å². The molecule has 1 saturated heterocycles. The molecule has 1 aliphatic carbocycles. The van der Waals surface area contributed by atoms with Gasteiger partial charge >= 0.3 is 0 Å². The molecule has 2 rings (SSSR count). The molecule has 0 bridgehead atoms. The van der Waals surface area contributed by atoms with Gasteiger partial charge in [0.15, 0.2) is 0 Å². The first-order chi connectivity index (χ1) is 5.24. The minimum Gasteiger partial charge on any atom is -0.329 e. The molecule has 62 valence electrons. The van der Waals surface area contributed by atoms with Gasteiger partial charge in [0, 0.05) is 41.7 Å². The topological polar surface area (TPSA) is 46.3 Å². The molecule has 0 aromatic heterocycles. The predicted octanol–water partition coefficient (Wildman–Crippen LogP) is 0.820. The highest BCUT2D eigenvalue weighted by molar-refractivity contribution is 14.1. The van der Waals surface area contributed by atoms with Crippen LogP contribution in [0.3, 0.4) is 0 Å². The Morgan fingerprint density at radius 1 is 1.73 bits per heavy atom. The van der Waals surface area contributed by atoms with Crippen LogP contribution in [0.15, 0.2) is 0 Å². The summed E-state index contributed by atoms with van der Waals surface area (Å²) in [6.07, 6.45) is 1.29. The molecule has 3 nitrogen and oxygen atoms in total. The Bertz CT molecular complexity index is 197. The zero-order valence-electron chi connectivity index (χ0n) is 6.16. The van der Waals surface area contributed by atoms with Crippen LogP contribution in [0.1, 0.15) is 6.42 Å². The molecule has 0 spiro atoms. The van der Waals surface area contributed by atoms with E-state index < -0.39 is 0 Å². The van der Waals surface area contributed by atoms with Crippen LogP contribution in [0.4, 0.5) is 4.79 Å². The number of rotatable bonds is 1. The van der Waals surface area contributed by atoms with Crippen LogP contribution < -0.4 is 5.73 Å². The summed E-state index contributed by atoms with van der Waals surface area (Å²) in [5, 5.41) is 0. The monoisotopic (exact) mass is 266 g/mol. The number of hydrogen-bond donors (Lipinski definition) is 1. The third-order valence-electron chi connectivity index (χ3n) is 2.77. The van der Waals surface area contributed by atoms with Crippen LogP contribution in [-0.2, 0) is 0 Å². The summed E-state index contributed by atoms with van der Waals surface area (Å²) in [6.45, 7) is 1.59. The molecule has 0 aromatic carbocycles. The highest BCUT2D eigenvalue weighted by Gasteiger charge is 2.52. The number of amides is 1. The molecule has 0 radical (unpaired) electrons. The number of halogens is 1. The molecule has 11 heavy (non-hydrogen) atoms. The lowest BCUT2D eigenvalue weighted by Gasteiger charge is -2.23. The van der Waals surface area contributed by atoms with E-state index in [1.165, 1.54) is 6.42 Å². The lowest BCUT2D eigenvalue weighted by atomic mass is 10.2. The molecule has 3 atom stereocenters. The Kier molecular flexibility index (Phi) is 1.83. The average molecular weight is 266 g/mol. The second-order valence-corrected chi connectivity index (χ2v) is 4.29. The van der Waals surface area contributed by atoms with Crippen molar-refractivity contribution in [3.8, 4) is 0 Å². The van der Waals surface area contributed by atoms with Crippen LogP contribution in [-0.4, -0.2) is 27.9 Å². The van der Waals surface area contributed by atoms with Gasteiger partial charge in [0.05, 0.1) is 0 Å². The molecular weight excluding hydrogens is 255 g/mol. The van der Waals surface area contributed by atoms with Crippen molar-refractivity contribution < 1.29 is 4.79 Å². The number of likely N-dealkylation sites (tertiary alicyclic amines) is 1. The van der Waals surface area contributed by atoms with Crippen molar-refractivity contribution in [1.82, 2.24) is 4.90 Å². The number of nitrogens with two attached hydrogens (primary N) is 1. The molecule has 1 heterocycles. The summed E-state index contributed by atoms with van der Waals surface area (Å²) in [7, 11) is 0. The van der Waals surface area contributed by atoms with E-state index in [1.54, 1.807) is 0 Å². The molecule has 1 saturated carbocycles. The van der Waals surface area contributed by atoms with Gasteiger partial charge in [-0.1, -0.05) is 0 Å². The number of hydrogen-bond acceptors (Lipinski definition) is 2. The number of carbonyl (C=O) groups excluding carboxylic acids is 1. The lowest BCUT2D eigenvalue weighted by Crippen LogP contribution is -2.39. The first kappa shape index (κ1) is 7.79. The third-order valence-corrected chi connectivity index (χ3v) is 3.39. The molecule has 4 heteroatoms. The Balaban J connectivity index is 2.06. The van der Waals surface area contributed by atoms with Crippen molar-refractivity contribution in [2.24, 2.45) is 17.6 Å². The van der Waals surface area contributed by atoms with Gasteiger partial charge in [0.25, 0.3) is 3.91 Å². The normalized spacial score (nSPS) is 40.5. The fourth-order valence-corrected chi connectivity index (χ4v) is 2.63. The Hall–Kier alpha value is 0.160. The minimum atomic E-state index is 0.158. The van der Waals surface area contributed by atoms with Gasteiger partial charge in [-0.25, -0.2) is 0 Å². The van der Waals surface area contributed by atoms with E-state index >= 15 is 0 Å². The number of piperidine rings is 1. The number of fused-ring (bicyclic) bond motifs is 1. The van der Waals surface area contributed by atoms with Gasteiger partial charge in [-0.15, -0.1) is 0 Å². The van der Waals surface area contributed by atoms with Gasteiger partial charge in [0.1, 0.15) is 0 Å². The maximum absolute atomic E-state index is 11.0. The SMILES string of the molecule is NC[C@@H]1[C@@H]2C[C@@H]2CN1C(=O)I. The van der Waals surface area contributed by atoms with Crippen LogP contribution in [0, 0.1) is 11.8 Å². The molecule has 2 fully saturated rings. The van der Waals surface area contributed by atoms with Crippen LogP contribution >= 0.6 is 22.6 Å². The second kappa shape index (κ2) is 2.58. The fourth-order valence-electron chi connectivity index (χ4n) is 2.08. The second-order valence-electron chi connectivity index (χ2n) is 3.37. The summed E-state index contributed by atoms with van der Waals surface area (Å²) < 4.78 is 0.158. The molecular formula is C7H11IN2O. The largest absolute Gasteiger partial charge is 0.329 e. The van der Waals surface area contributed by atoms with Crippen molar-refractivity contribution in [3.05, 3.63) is 0 Å². The fraction of sp³-hybridized carbons (Fsp3) is 0.857.